The number of para-hydroxylation sites is 2. The highest BCUT2D eigenvalue weighted by molar-refractivity contribution is 7.14. The van der Waals surface area contributed by atoms with Crippen molar-refractivity contribution in [2.24, 2.45) is 0 Å². The number of rotatable bonds is 6. The van der Waals surface area contributed by atoms with Crippen molar-refractivity contribution in [1.29, 1.82) is 0 Å². The molecule has 2 aromatic heterocycles. The first-order chi connectivity index (χ1) is 16.6. The molecule has 0 spiro atoms. The van der Waals surface area contributed by atoms with Gasteiger partial charge in [-0.2, -0.15) is 0 Å². The van der Waals surface area contributed by atoms with Crippen molar-refractivity contribution in [3.05, 3.63) is 102 Å². The maximum absolute atomic E-state index is 13.8. The lowest BCUT2D eigenvalue weighted by atomic mass is 10.2. The second-order valence-corrected chi connectivity index (χ2v) is 8.31. The fourth-order valence-electron chi connectivity index (χ4n) is 3.50. The maximum Gasteiger partial charge on any atom is 0.260 e. The predicted molar refractivity (Wildman–Crippen MR) is 130 cm³/mol. The van der Waals surface area contributed by atoms with Gasteiger partial charge in [0.25, 0.3) is 5.91 Å². The van der Waals surface area contributed by atoms with Crippen LogP contribution in [0.1, 0.15) is 16.1 Å². The van der Waals surface area contributed by atoms with Crippen LogP contribution >= 0.6 is 11.3 Å². The molecule has 0 aliphatic carbocycles. The number of halogens is 1. The molecule has 0 fully saturated rings. The van der Waals surface area contributed by atoms with E-state index in [1.807, 2.05) is 53.1 Å². The van der Waals surface area contributed by atoms with Gasteiger partial charge in [0.05, 0.1) is 28.7 Å². The Bertz CT molecular complexity index is 1490. The Morgan fingerprint density at radius 2 is 1.71 bits per heavy atom. The minimum Gasteiger partial charge on any atom is -0.326 e. The topological polar surface area (TPSA) is 88.9 Å². The molecule has 7 nitrogen and oxygen atoms in total. The molecule has 0 unspecified atom stereocenters. The number of hydrogen-bond donors (Lipinski definition) is 2. The summed E-state index contributed by atoms with van der Waals surface area (Å²) in [5, 5.41) is 7.39. The molecule has 0 saturated carbocycles. The number of aromatic nitrogens is 3. The van der Waals surface area contributed by atoms with E-state index in [1.165, 1.54) is 29.5 Å². The number of nitrogens with zero attached hydrogens (tertiary/aromatic N) is 3. The van der Waals surface area contributed by atoms with Gasteiger partial charge in [-0.25, -0.2) is 14.4 Å². The lowest BCUT2D eigenvalue weighted by molar-refractivity contribution is -0.115. The Labute approximate surface area is 197 Å². The number of benzene rings is 3. The summed E-state index contributed by atoms with van der Waals surface area (Å²) in [5.41, 5.74) is 3.94. The smallest absolute Gasteiger partial charge is 0.260 e. The van der Waals surface area contributed by atoms with Crippen LogP contribution < -0.4 is 10.6 Å². The van der Waals surface area contributed by atoms with Gasteiger partial charge < -0.3 is 5.32 Å². The Kier molecular flexibility index (Phi) is 5.84. The molecule has 0 aliphatic rings. The number of thiazole rings is 1. The molecule has 2 N–H and O–H groups in total. The first-order valence-corrected chi connectivity index (χ1v) is 11.3. The average molecular weight is 472 g/mol. The highest BCUT2D eigenvalue weighted by Crippen LogP contribution is 2.21. The molecule has 0 radical (unpaired) electrons. The number of carbonyl (C=O) groups excluding carboxylic acids is 2. The van der Waals surface area contributed by atoms with Gasteiger partial charge in [0, 0.05) is 16.8 Å². The number of carbonyl (C=O) groups is 2. The summed E-state index contributed by atoms with van der Waals surface area (Å²) < 4.78 is 15.7. The van der Waals surface area contributed by atoms with Crippen molar-refractivity contribution in [1.82, 2.24) is 14.5 Å². The Morgan fingerprint density at radius 1 is 0.941 bits per heavy atom. The lowest BCUT2D eigenvalue weighted by Crippen LogP contribution is -2.15. The van der Waals surface area contributed by atoms with Crippen molar-refractivity contribution in [3.8, 4) is 5.69 Å². The van der Waals surface area contributed by atoms with Crippen LogP contribution in [0.4, 0.5) is 15.2 Å². The van der Waals surface area contributed by atoms with Crippen LogP contribution in [0.3, 0.4) is 0 Å². The Morgan fingerprint density at radius 3 is 2.53 bits per heavy atom. The zero-order chi connectivity index (χ0) is 23.5. The minimum absolute atomic E-state index is 0.0416. The maximum atomic E-state index is 13.8. The first kappa shape index (κ1) is 21.5. The molecule has 0 aliphatic heterocycles. The van der Waals surface area contributed by atoms with E-state index in [0.29, 0.717) is 16.5 Å². The van der Waals surface area contributed by atoms with Gasteiger partial charge in [0.2, 0.25) is 5.91 Å². The van der Waals surface area contributed by atoms with Gasteiger partial charge in [-0.15, -0.1) is 11.3 Å². The largest absolute Gasteiger partial charge is 0.326 e. The number of amides is 2. The first-order valence-electron chi connectivity index (χ1n) is 10.4. The van der Waals surface area contributed by atoms with Gasteiger partial charge in [-0.05, 0) is 48.5 Å². The normalized spacial score (nSPS) is 10.9. The highest BCUT2D eigenvalue weighted by atomic mass is 32.1. The summed E-state index contributed by atoms with van der Waals surface area (Å²) in [6.45, 7) is 0. The predicted octanol–water partition coefficient (Wildman–Crippen LogP) is 5.05. The second kappa shape index (κ2) is 9.24. The van der Waals surface area contributed by atoms with Crippen molar-refractivity contribution < 1.29 is 14.0 Å². The van der Waals surface area contributed by atoms with Gasteiger partial charge in [0.15, 0.2) is 5.13 Å². The van der Waals surface area contributed by atoms with E-state index in [2.05, 4.69) is 20.6 Å². The average Bonchev–Trinajstić information content (AvgIpc) is 3.46. The van der Waals surface area contributed by atoms with Crippen LogP contribution in [-0.4, -0.2) is 26.3 Å². The SMILES string of the molecule is O=C(Cc1csc(NC(=O)c2ccccc2F)n1)Nc1ccc(-n2cnc3ccccc32)cc1. The van der Waals surface area contributed by atoms with E-state index in [9.17, 15) is 14.0 Å². The van der Waals surface area contributed by atoms with Crippen LogP contribution in [0.5, 0.6) is 0 Å². The molecule has 5 aromatic rings. The summed E-state index contributed by atoms with van der Waals surface area (Å²) in [7, 11) is 0. The summed E-state index contributed by atoms with van der Waals surface area (Å²) in [6.07, 6.45) is 1.81. The van der Waals surface area contributed by atoms with Crippen LogP contribution in [0.15, 0.2) is 84.5 Å². The molecule has 2 amide bonds. The second-order valence-electron chi connectivity index (χ2n) is 7.45. The molecule has 0 saturated heterocycles. The van der Waals surface area contributed by atoms with Crippen molar-refractivity contribution in [2.45, 2.75) is 6.42 Å². The van der Waals surface area contributed by atoms with E-state index in [4.69, 9.17) is 0 Å². The van der Waals surface area contributed by atoms with Gasteiger partial charge >= 0.3 is 0 Å². The third-order valence-electron chi connectivity index (χ3n) is 5.12. The molecular formula is C25H18FN5O2S. The van der Waals surface area contributed by atoms with Crippen LogP contribution in [-0.2, 0) is 11.2 Å². The Hall–Kier alpha value is -4.37. The minimum atomic E-state index is -0.608. The van der Waals surface area contributed by atoms with Crippen LogP contribution in [0.25, 0.3) is 16.7 Å². The van der Waals surface area contributed by atoms with E-state index >= 15 is 0 Å². The zero-order valence-corrected chi connectivity index (χ0v) is 18.6. The van der Waals surface area contributed by atoms with Gasteiger partial charge in [-0.3, -0.25) is 19.5 Å². The Balaban J connectivity index is 1.20. The van der Waals surface area contributed by atoms with Crippen LogP contribution in [0, 0.1) is 5.82 Å². The summed E-state index contributed by atoms with van der Waals surface area (Å²) in [4.78, 5) is 33.3. The van der Waals surface area contributed by atoms with Crippen molar-refractivity contribution in [3.63, 3.8) is 0 Å². The summed E-state index contributed by atoms with van der Waals surface area (Å²) in [5.74, 6) is -1.43. The monoisotopic (exact) mass is 471 g/mol. The number of imidazole rings is 1. The molecule has 2 heterocycles. The zero-order valence-electron chi connectivity index (χ0n) is 17.7. The summed E-state index contributed by atoms with van der Waals surface area (Å²) in [6, 6.07) is 21.0. The van der Waals surface area contributed by atoms with Crippen molar-refractivity contribution in [2.75, 3.05) is 10.6 Å². The van der Waals surface area contributed by atoms with Gasteiger partial charge in [0.1, 0.15) is 12.1 Å². The molecule has 34 heavy (non-hydrogen) atoms. The molecule has 0 bridgehead atoms. The fourth-order valence-corrected chi connectivity index (χ4v) is 4.20. The third kappa shape index (κ3) is 4.55. The van der Waals surface area contributed by atoms with Crippen LogP contribution in [0.2, 0.25) is 0 Å². The van der Waals surface area contributed by atoms with E-state index in [-0.39, 0.29) is 17.9 Å². The number of hydrogen-bond acceptors (Lipinski definition) is 5. The molecule has 5 rings (SSSR count). The quantitative estimate of drug-likeness (QED) is 0.363. The van der Waals surface area contributed by atoms with E-state index in [1.54, 1.807) is 17.8 Å². The third-order valence-corrected chi connectivity index (χ3v) is 5.92. The summed E-state index contributed by atoms with van der Waals surface area (Å²) >= 11 is 1.17. The molecule has 0 atom stereocenters. The van der Waals surface area contributed by atoms with E-state index < -0.39 is 11.7 Å². The molecule has 168 valence electrons. The molecule has 9 heteroatoms. The standard InChI is InChI=1S/C25H18FN5O2S/c26-20-6-2-1-5-19(20)24(33)30-25-29-17(14-34-25)13-23(32)28-16-9-11-18(12-10-16)31-15-27-21-7-3-4-8-22(21)31/h1-12,14-15H,13H2,(H,28,32)(H,29,30,33). The van der Waals surface area contributed by atoms with Gasteiger partial charge in [-0.1, -0.05) is 24.3 Å². The number of nitrogens with one attached hydrogen (secondary N) is 2. The van der Waals surface area contributed by atoms with E-state index in [0.717, 1.165) is 16.7 Å². The molecule has 3 aromatic carbocycles. The lowest BCUT2D eigenvalue weighted by Gasteiger charge is -2.07. The van der Waals surface area contributed by atoms with Crippen molar-refractivity contribution >= 4 is 45.0 Å². The number of anilines is 2. The highest BCUT2D eigenvalue weighted by Gasteiger charge is 2.14. The number of fused-ring (bicyclic) bond motifs is 1. The fraction of sp³-hybridized carbons (Fsp3) is 0.0400. The molecular weight excluding hydrogens is 453 g/mol.